The van der Waals surface area contributed by atoms with Crippen LogP contribution in [-0.4, -0.2) is 10.9 Å². The Bertz CT molecular complexity index is 643. The number of aryl methyl sites for hydroxylation is 2. The molecule has 0 aliphatic rings. The summed E-state index contributed by atoms with van der Waals surface area (Å²) >= 11 is 9.37. The van der Waals surface area contributed by atoms with Gasteiger partial charge in [0.1, 0.15) is 5.82 Å². The predicted octanol–water partition coefficient (Wildman–Crippen LogP) is 4.37. The molecule has 19 heavy (non-hydrogen) atoms. The molecule has 5 heteroatoms. The van der Waals surface area contributed by atoms with Crippen LogP contribution in [0.2, 0.25) is 5.02 Å². The van der Waals surface area contributed by atoms with Gasteiger partial charge in [-0.25, -0.2) is 4.98 Å². The van der Waals surface area contributed by atoms with Crippen LogP contribution < -0.4 is 5.32 Å². The summed E-state index contributed by atoms with van der Waals surface area (Å²) in [6.07, 6.45) is 0. The van der Waals surface area contributed by atoms with E-state index in [1.54, 1.807) is 18.2 Å². The number of benzene rings is 1. The Morgan fingerprint density at radius 2 is 2.00 bits per heavy atom. The van der Waals surface area contributed by atoms with Crippen molar-refractivity contribution in [2.75, 3.05) is 5.32 Å². The molecule has 1 amide bonds. The third-order valence-electron chi connectivity index (χ3n) is 2.70. The minimum atomic E-state index is -0.226. The summed E-state index contributed by atoms with van der Waals surface area (Å²) < 4.78 is 0.906. The lowest BCUT2D eigenvalue weighted by Gasteiger charge is -2.07. The molecule has 2 aromatic rings. The van der Waals surface area contributed by atoms with Gasteiger partial charge in [0.25, 0.3) is 5.91 Å². The average Bonchev–Trinajstić information content (AvgIpc) is 2.37. The highest BCUT2D eigenvalue weighted by Crippen LogP contribution is 2.19. The van der Waals surface area contributed by atoms with Crippen LogP contribution >= 0.6 is 27.5 Å². The van der Waals surface area contributed by atoms with Crippen LogP contribution in [0.15, 0.2) is 34.8 Å². The number of nitrogens with one attached hydrogen (secondary N) is 1. The molecule has 0 aliphatic heterocycles. The number of amides is 1. The van der Waals surface area contributed by atoms with Gasteiger partial charge in [-0.1, -0.05) is 17.7 Å². The number of halogens is 2. The summed E-state index contributed by atoms with van der Waals surface area (Å²) in [6.45, 7) is 3.76. The minimum absolute atomic E-state index is 0.226. The molecule has 0 saturated carbocycles. The van der Waals surface area contributed by atoms with Crippen LogP contribution in [0.5, 0.6) is 0 Å². The van der Waals surface area contributed by atoms with Crippen LogP contribution in [0.1, 0.15) is 21.6 Å². The topological polar surface area (TPSA) is 42.0 Å². The molecular formula is C14H12BrClN2O. The van der Waals surface area contributed by atoms with E-state index in [2.05, 4.69) is 26.2 Å². The standard InChI is InChI=1S/C14H12BrClN2O/c1-8-3-4-10(7-12(8)16)14(19)18-13-6-5-11(15)9(2)17-13/h3-7H,1-2H3,(H,17,18,19). The maximum absolute atomic E-state index is 12.1. The minimum Gasteiger partial charge on any atom is -0.307 e. The van der Waals surface area contributed by atoms with E-state index in [0.29, 0.717) is 16.4 Å². The molecule has 0 atom stereocenters. The fourth-order valence-corrected chi connectivity index (χ4v) is 1.94. The first kappa shape index (κ1) is 14.0. The normalized spacial score (nSPS) is 10.3. The number of hydrogen-bond acceptors (Lipinski definition) is 2. The zero-order valence-corrected chi connectivity index (χ0v) is 12.8. The van der Waals surface area contributed by atoms with Gasteiger partial charge in [0.2, 0.25) is 0 Å². The highest BCUT2D eigenvalue weighted by molar-refractivity contribution is 9.10. The molecule has 98 valence electrons. The first-order chi connectivity index (χ1) is 8.97. The third-order valence-corrected chi connectivity index (χ3v) is 3.94. The average molecular weight is 340 g/mol. The Kier molecular flexibility index (Phi) is 4.22. The molecule has 0 spiro atoms. The molecule has 2 rings (SSSR count). The molecule has 1 N–H and O–H groups in total. The van der Waals surface area contributed by atoms with Gasteiger partial charge in [-0.05, 0) is 59.6 Å². The van der Waals surface area contributed by atoms with E-state index in [-0.39, 0.29) is 5.91 Å². The van der Waals surface area contributed by atoms with Crippen molar-refractivity contribution in [3.63, 3.8) is 0 Å². The van der Waals surface area contributed by atoms with Gasteiger partial charge in [0.05, 0.1) is 5.69 Å². The number of nitrogens with zero attached hydrogens (tertiary/aromatic N) is 1. The first-order valence-electron chi connectivity index (χ1n) is 5.68. The Hall–Kier alpha value is -1.39. The van der Waals surface area contributed by atoms with Gasteiger partial charge >= 0.3 is 0 Å². The van der Waals surface area contributed by atoms with Gasteiger partial charge in [0, 0.05) is 15.1 Å². The summed E-state index contributed by atoms with van der Waals surface area (Å²) in [5.74, 6) is 0.290. The van der Waals surface area contributed by atoms with Crippen molar-refractivity contribution >= 4 is 39.3 Å². The molecular weight excluding hydrogens is 328 g/mol. The predicted molar refractivity (Wildman–Crippen MR) is 80.8 cm³/mol. The van der Waals surface area contributed by atoms with Crippen molar-refractivity contribution in [1.29, 1.82) is 0 Å². The molecule has 0 fully saturated rings. The van der Waals surface area contributed by atoms with Crippen LogP contribution in [0, 0.1) is 13.8 Å². The Morgan fingerprint density at radius 3 is 2.63 bits per heavy atom. The van der Waals surface area contributed by atoms with E-state index in [1.165, 1.54) is 0 Å². The second-order valence-corrected chi connectivity index (χ2v) is 5.44. The van der Waals surface area contributed by atoms with Gasteiger partial charge in [-0.15, -0.1) is 0 Å². The second kappa shape index (κ2) is 5.72. The maximum Gasteiger partial charge on any atom is 0.256 e. The number of hydrogen-bond donors (Lipinski definition) is 1. The molecule has 3 nitrogen and oxygen atoms in total. The van der Waals surface area contributed by atoms with Crippen molar-refractivity contribution in [1.82, 2.24) is 4.98 Å². The van der Waals surface area contributed by atoms with Crippen molar-refractivity contribution in [3.8, 4) is 0 Å². The zero-order valence-electron chi connectivity index (χ0n) is 10.5. The van der Waals surface area contributed by atoms with Gasteiger partial charge in [-0.3, -0.25) is 4.79 Å². The number of aromatic nitrogens is 1. The fourth-order valence-electron chi connectivity index (χ4n) is 1.54. The molecule has 1 heterocycles. The van der Waals surface area contributed by atoms with Crippen LogP contribution in [0.25, 0.3) is 0 Å². The molecule has 0 bridgehead atoms. The van der Waals surface area contributed by atoms with Gasteiger partial charge < -0.3 is 5.32 Å². The summed E-state index contributed by atoms with van der Waals surface area (Å²) in [7, 11) is 0. The van der Waals surface area contributed by atoms with E-state index >= 15 is 0 Å². The number of rotatable bonds is 2. The van der Waals surface area contributed by atoms with Gasteiger partial charge in [-0.2, -0.15) is 0 Å². The Morgan fingerprint density at radius 1 is 1.26 bits per heavy atom. The molecule has 0 aliphatic carbocycles. The lowest BCUT2D eigenvalue weighted by molar-refractivity contribution is 0.102. The molecule has 0 saturated heterocycles. The number of carbonyl (C=O) groups excluding carboxylic acids is 1. The van der Waals surface area contributed by atoms with Gasteiger partial charge in [0.15, 0.2) is 0 Å². The van der Waals surface area contributed by atoms with E-state index in [1.807, 2.05) is 26.0 Å². The molecule has 0 radical (unpaired) electrons. The van der Waals surface area contributed by atoms with Crippen molar-refractivity contribution < 1.29 is 4.79 Å². The lowest BCUT2D eigenvalue weighted by Crippen LogP contribution is -2.13. The summed E-state index contributed by atoms with van der Waals surface area (Å²) in [5, 5.41) is 3.32. The highest BCUT2D eigenvalue weighted by atomic mass is 79.9. The molecule has 1 aromatic carbocycles. The summed E-state index contributed by atoms with van der Waals surface area (Å²) in [4.78, 5) is 16.3. The lowest BCUT2D eigenvalue weighted by atomic mass is 10.1. The summed E-state index contributed by atoms with van der Waals surface area (Å²) in [6, 6.07) is 8.79. The largest absolute Gasteiger partial charge is 0.307 e. The van der Waals surface area contributed by atoms with Crippen LogP contribution in [0.3, 0.4) is 0 Å². The summed E-state index contributed by atoms with van der Waals surface area (Å²) in [5.41, 5.74) is 2.27. The van der Waals surface area contributed by atoms with E-state index in [9.17, 15) is 4.79 Å². The second-order valence-electron chi connectivity index (χ2n) is 4.18. The van der Waals surface area contributed by atoms with Crippen LogP contribution in [-0.2, 0) is 0 Å². The number of anilines is 1. The Balaban J connectivity index is 2.20. The Labute approximate surface area is 125 Å². The molecule has 0 unspecified atom stereocenters. The van der Waals surface area contributed by atoms with E-state index in [0.717, 1.165) is 15.7 Å². The fraction of sp³-hybridized carbons (Fsp3) is 0.143. The maximum atomic E-state index is 12.1. The SMILES string of the molecule is Cc1ccc(C(=O)Nc2ccc(Br)c(C)n2)cc1Cl. The van der Waals surface area contributed by atoms with E-state index < -0.39 is 0 Å². The number of pyridine rings is 1. The zero-order chi connectivity index (χ0) is 14.0. The third kappa shape index (κ3) is 3.33. The first-order valence-corrected chi connectivity index (χ1v) is 6.85. The number of carbonyl (C=O) groups is 1. The highest BCUT2D eigenvalue weighted by Gasteiger charge is 2.09. The van der Waals surface area contributed by atoms with Crippen molar-refractivity contribution in [3.05, 3.63) is 56.6 Å². The smallest absolute Gasteiger partial charge is 0.256 e. The quantitative estimate of drug-likeness (QED) is 0.883. The van der Waals surface area contributed by atoms with Crippen molar-refractivity contribution in [2.45, 2.75) is 13.8 Å². The van der Waals surface area contributed by atoms with E-state index in [4.69, 9.17) is 11.6 Å². The molecule has 1 aromatic heterocycles. The van der Waals surface area contributed by atoms with Crippen molar-refractivity contribution in [2.24, 2.45) is 0 Å². The monoisotopic (exact) mass is 338 g/mol. The van der Waals surface area contributed by atoms with Crippen LogP contribution in [0.4, 0.5) is 5.82 Å².